The van der Waals surface area contributed by atoms with Crippen molar-refractivity contribution < 1.29 is 14.1 Å². The van der Waals surface area contributed by atoms with Gasteiger partial charge < -0.3 is 4.74 Å². The van der Waals surface area contributed by atoms with Crippen molar-refractivity contribution in [3.8, 4) is 5.75 Å². The highest BCUT2D eigenvalue weighted by molar-refractivity contribution is 9.10. The van der Waals surface area contributed by atoms with Crippen LogP contribution < -0.4 is 4.74 Å². The van der Waals surface area contributed by atoms with E-state index in [1.807, 2.05) is 0 Å². The topological polar surface area (TPSA) is 52.4 Å². The molecular formula is C8H6Br2FNO3. The first-order valence-electron chi connectivity index (χ1n) is 3.88. The summed E-state index contributed by atoms with van der Waals surface area (Å²) in [6, 6.07) is 1.95. The maximum Gasteiger partial charge on any atom is 0.315 e. The van der Waals surface area contributed by atoms with Crippen molar-refractivity contribution in [2.45, 2.75) is 0 Å². The van der Waals surface area contributed by atoms with E-state index in [9.17, 15) is 14.5 Å². The molecule has 0 atom stereocenters. The van der Waals surface area contributed by atoms with E-state index in [1.54, 1.807) is 0 Å². The third kappa shape index (κ3) is 3.13. The van der Waals surface area contributed by atoms with Crippen LogP contribution in [-0.2, 0) is 0 Å². The minimum absolute atomic E-state index is 0.0425. The predicted octanol–water partition coefficient (Wildman–Crippen LogP) is 3.27. The summed E-state index contributed by atoms with van der Waals surface area (Å²) in [6.45, 7) is 0.269. The van der Waals surface area contributed by atoms with E-state index in [4.69, 9.17) is 4.74 Å². The first kappa shape index (κ1) is 12.4. The predicted molar refractivity (Wildman–Crippen MR) is 60.0 cm³/mol. The van der Waals surface area contributed by atoms with Crippen molar-refractivity contribution in [1.82, 2.24) is 0 Å². The molecule has 0 unspecified atom stereocenters. The standard InChI is InChI=1S/C8H6Br2FNO3/c9-1-2-15-8-6(10)3-5(11)4-7(8)12(13)14/h3-4H,1-2H2. The van der Waals surface area contributed by atoms with Gasteiger partial charge in [-0.15, -0.1) is 0 Å². The molecule has 0 aliphatic carbocycles. The highest BCUT2D eigenvalue weighted by atomic mass is 79.9. The van der Waals surface area contributed by atoms with Crippen LogP contribution in [-0.4, -0.2) is 16.9 Å². The number of nitrogens with zero attached hydrogens (tertiary/aromatic N) is 1. The van der Waals surface area contributed by atoms with Crippen molar-refractivity contribution in [2.75, 3.05) is 11.9 Å². The van der Waals surface area contributed by atoms with Gasteiger partial charge in [0.25, 0.3) is 0 Å². The van der Waals surface area contributed by atoms with E-state index >= 15 is 0 Å². The van der Waals surface area contributed by atoms with Crippen LogP contribution in [0.2, 0.25) is 0 Å². The lowest BCUT2D eigenvalue weighted by Crippen LogP contribution is -2.02. The molecule has 0 saturated carbocycles. The van der Waals surface area contributed by atoms with Gasteiger partial charge in [0.2, 0.25) is 5.75 Å². The van der Waals surface area contributed by atoms with E-state index in [2.05, 4.69) is 31.9 Å². The average Bonchev–Trinajstić information content (AvgIpc) is 2.15. The van der Waals surface area contributed by atoms with E-state index in [0.717, 1.165) is 12.1 Å². The third-order valence-electron chi connectivity index (χ3n) is 1.51. The number of benzene rings is 1. The molecule has 15 heavy (non-hydrogen) atoms. The molecule has 7 heteroatoms. The first-order valence-corrected chi connectivity index (χ1v) is 5.80. The van der Waals surface area contributed by atoms with Crippen molar-refractivity contribution in [2.24, 2.45) is 0 Å². The number of hydrogen-bond donors (Lipinski definition) is 0. The molecular weight excluding hydrogens is 337 g/mol. The SMILES string of the molecule is O=[N+]([O-])c1cc(F)cc(Br)c1OCCBr. The van der Waals surface area contributed by atoms with E-state index in [0.29, 0.717) is 5.33 Å². The van der Waals surface area contributed by atoms with Gasteiger partial charge in [-0.2, -0.15) is 0 Å². The Balaban J connectivity index is 3.15. The van der Waals surface area contributed by atoms with Crippen molar-refractivity contribution >= 4 is 37.5 Å². The molecule has 0 heterocycles. The van der Waals surface area contributed by atoms with Crippen LogP contribution >= 0.6 is 31.9 Å². The molecule has 1 aromatic carbocycles. The summed E-state index contributed by atoms with van der Waals surface area (Å²) in [5.41, 5.74) is -0.386. The van der Waals surface area contributed by atoms with Crippen LogP contribution in [0, 0.1) is 15.9 Å². The quantitative estimate of drug-likeness (QED) is 0.479. The van der Waals surface area contributed by atoms with Crippen LogP contribution in [0.4, 0.5) is 10.1 Å². The molecule has 4 nitrogen and oxygen atoms in total. The Bertz CT molecular complexity index is 386. The monoisotopic (exact) mass is 341 g/mol. The number of ether oxygens (including phenoxy) is 1. The minimum Gasteiger partial charge on any atom is -0.485 e. The Morgan fingerprint density at radius 2 is 2.20 bits per heavy atom. The number of alkyl halides is 1. The molecule has 0 radical (unpaired) electrons. The minimum atomic E-state index is -0.683. The third-order valence-corrected chi connectivity index (χ3v) is 2.42. The van der Waals surface area contributed by atoms with Crippen LogP contribution in [0.3, 0.4) is 0 Å². The first-order chi connectivity index (χ1) is 7.06. The molecule has 0 saturated heterocycles. The smallest absolute Gasteiger partial charge is 0.315 e. The summed E-state index contributed by atoms with van der Waals surface area (Å²) in [5, 5.41) is 11.2. The maximum atomic E-state index is 12.9. The zero-order valence-corrected chi connectivity index (χ0v) is 10.5. The Hall–Kier alpha value is -0.690. The van der Waals surface area contributed by atoms with Gasteiger partial charge >= 0.3 is 5.69 Å². The maximum absolute atomic E-state index is 12.9. The van der Waals surface area contributed by atoms with Gasteiger partial charge in [0, 0.05) is 5.33 Å². The van der Waals surface area contributed by atoms with E-state index < -0.39 is 10.7 Å². The summed E-state index contributed by atoms with van der Waals surface area (Å²) >= 11 is 6.13. The average molecular weight is 343 g/mol. The van der Waals surface area contributed by atoms with Gasteiger partial charge in [-0.05, 0) is 22.0 Å². The second kappa shape index (κ2) is 5.41. The Labute approximate surface area is 102 Å². The zero-order valence-electron chi connectivity index (χ0n) is 7.37. The number of rotatable bonds is 4. The molecule has 1 rings (SSSR count). The molecule has 0 spiro atoms. The molecule has 0 aromatic heterocycles. The van der Waals surface area contributed by atoms with Gasteiger partial charge in [-0.25, -0.2) is 4.39 Å². The summed E-state index contributed by atoms with van der Waals surface area (Å²) in [7, 11) is 0. The fraction of sp³-hybridized carbons (Fsp3) is 0.250. The van der Waals surface area contributed by atoms with Gasteiger partial charge in [-0.3, -0.25) is 10.1 Å². The molecule has 0 fully saturated rings. The molecule has 0 aliphatic heterocycles. The fourth-order valence-electron chi connectivity index (χ4n) is 0.966. The fourth-order valence-corrected chi connectivity index (χ4v) is 1.66. The van der Waals surface area contributed by atoms with Gasteiger partial charge in [0.05, 0.1) is 22.1 Å². The largest absolute Gasteiger partial charge is 0.485 e. The van der Waals surface area contributed by atoms with E-state index in [-0.39, 0.29) is 22.5 Å². The Morgan fingerprint density at radius 1 is 1.53 bits per heavy atom. The summed E-state index contributed by atoms with van der Waals surface area (Å²) in [4.78, 5) is 9.93. The molecule has 1 aromatic rings. The molecule has 82 valence electrons. The van der Waals surface area contributed by atoms with Crippen LogP contribution in [0.5, 0.6) is 5.75 Å². The normalized spacial score (nSPS) is 10.1. The van der Waals surface area contributed by atoms with Gasteiger partial charge in [0.1, 0.15) is 5.82 Å². The Morgan fingerprint density at radius 3 is 2.73 bits per heavy atom. The lowest BCUT2D eigenvalue weighted by molar-refractivity contribution is -0.386. The highest BCUT2D eigenvalue weighted by Gasteiger charge is 2.20. The lowest BCUT2D eigenvalue weighted by Gasteiger charge is -2.06. The number of halogens is 3. The molecule has 0 N–H and O–H groups in total. The van der Waals surface area contributed by atoms with Crippen molar-refractivity contribution in [3.63, 3.8) is 0 Å². The number of hydrogen-bond acceptors (Lipinski definition) is 3. The second-order valence-electron chi connectivity index (χ2n) is 2.53. The number of nitro benzene ring substituents is 1. The lowest BCUT2D eigenvalue weighted by atomic mass is 10.3. The second-order valence-corrected chi connectivity index (χ2v) is 4.18. The van der Waals surface area contributed by atoms with Gasteiger partial charge in [0.15, 0.2) is 0 Å². The van der Waals surface area contributed by atoms with Crippen LogP contribution in [0.1, 0.15) is 0 Å². The summed E-state index contributed by atoms with van der Waals surface area (Å²) in [6.07, 6.45) is 0. The highest BCUT2D eigenvalue weighted by Crippen LogP contribution is 2.35. The van der Waals surface area contributed by atoms with E-state index in [1.165, 1.54) is 0 Å². The van der Waals surface area contributed by atoms with Crippen LogP contribution in [0.15, 0.2) is 16.6 Å². The molecule has 0 aliphatic rings. The number of nitro groups is 1. The molecule has 0 amide bonds. The zero-order chi connectivity index (χ0) is 11.4. The van der Waals surface area contributed by atoms with Crippen molar-refractivity contribution in [1.29, 1.82) is 0 Å². The molecule has 0 bridgehead atoms. The van der Waals surface area contributed by atoms with Crippen molar-refractivity contribution in [3.05, 3.63) is 32.5 Å². The summed E-state index contributed by atoms with van der Waals surface area (Å²) < 4.78 is 18.3. The summed E-state index contributed by atoms with van der Waals surface area (Å²) in [5.74, 6) is -0.638. The van der Waals surface area contributed by atoms with Gasteiger partial charge in [-0.1, -0.05) is 15.9 Å². The van der Waals surface area contributed by atoms with Crippen LogP contribution in [0.25, 0.3) is 0 Å². The Kier molecular flexibility index (Phi) is 4.46.